The standard InChI is InChI=1S/C24H35F3N3O7PS3/c1-4-36-38(31,37-5-2)16-15-30(3)14-13-19(18-39-20-9-7-6-8-10-20)29-22-12-11-21(41(28,34)35)17-23(22)40(32,33)24(25,26)27/h6-12,17,19,29H,4-5,13-16,18H2,1-3H3,(H2,28,34,35)/t19-/m1/s1. The minimum Gasteiger partial charge on any atom is -0.380 e. The van der Waals surface area contributed by atoms with Crippen molar-refractivity contribution in [3.63, 3.8) is 0 Å². The largest absolute Gasteiger partial charge is 0.501 e. The summed E-state index contributed by atoms with van der Waals surface area (Å²) in [5.41, 5.74) is -6.09. The van der Waals surface area contributed by atoms with E-state index in [4.69, 9.17) is 14.2 Å². The molecule has 2 aromatic carbocycles. The highest BCUT2D eigenvalue weighted by atomic mass is 32.2. The second kappa shape index (κ2) is 15.2. The van der Waals surface area contributed by atoms with E-state index in [0.29, 0.717) is 31.3 Å². The second-order valence-electron chi connectivity index (χ2n) is 8.88. The van der Waals surface area contributed by atoms with E-state index in [9.17, 15) is 34.6 Å². The van der Waals surface area contributed by atoms with Crippen LogP contribution in [0.5, 0.6) is 0 Å². The first-order chi connectivity index (χ1) is 19.0. The molecule has 3 N–H and O–H groups in total. The van der Waals surface area contributed by atoms with E-state index >= 15 is 0 Å². The van der Waals surface area contributed by atoms with Crippen LogP contribution in [0.2, 0.25) is 0 Å². The smallest absolute Gasteiger partial charge is 0.380 e. The zero-order valence-electron chi connectivity index (χ0n) is 22.8. The lowest BCUT2D eigenvalue weighted by molar-refractivity contribution is -0.0435. The number of sulfone groups is 1. The normalized spacial score (nSPS) is 13.9. The van der Waals surface area contributed by atoms with Gasteiger partial charge >= 0.3 is 13.1 Å². The quantitative estimate of drug-likeness (QED) is 0.179. The second-order valence-corrected chi connectivity index (χ2v) is 15.6. The number of sulfonamides is 1. The Hall–Kier alpha value is -1.65. The van der Waals surface area contributed by atoms with Crippen molar-refractivity contribution in [1.82, 2.24) is 4.90 Å². The molecular formula is C24H35F3N3O7PS3. The summed E-state index contributed by atoms with van der Waals surface area (Å²) in [4.78, 5) is 0.724. The molecule has 17 heteroatoms. The number of nitrogens with one attached hydrogen (secondary N) is 1. The van der Waals surface area contributed by atoms with Crippen molar-refractivity contribution in [3.8, 4) is 0 Å². The van der Waals surface area contributed by atoms with Gasteiger partial charge in [-0.1, -0.05) is 18.2 Å². The van der Waals surface area contributed by atoms with Gasteiger partial charge in [-0.25, -0.2) is 22.0 Å². The molecule has 0 heterocycles. The summed E-state index contributed by atoms with van der Waals surface area (Å²) in [6, 6.07) is 11.0. The molecule has 232 valence electrons. The highest BCUT2D eigenvalue weighted by molar-refractivity contribution is 7.99. The molecule has 0 aromatic heterocycles. The molecular weight excluding hydrogens is 626 g/mol. The number of primary sulfonamides is 1. The van der Waals surface area contributed by atoms with Crippen molar-refractivity contribution in [2.45, 2.75) is 46.5 Å². The van der Waals surface area contributed by atoms with Crippen LogP contribution in [0, 0.1) is 0 Å². The Bertz CT molecular complexity index is 1390. The molecule has 0 amide bonds. The Kier molecular flexibility index (Phi) is 13.2. The third-order valence-corrected chi connectivity index (χ3v) is 11.4. The predicted molar refractivity (Wildman–Crippen MR) is 153 cm³/mol. The third-order valence-electron chi connectivity index (χ3n) is 5.70. The number of alkyl halides is 3. The van der Waals surface area contributed by atoms with E-state index < -0.39 is 54.5 Å². The Balaban J connectivity index is 2.33. The average Bonchev–Trinajstić information content (AvgIpc) is 2.88. The first kappa shape index (κ1) is 35.5. The maximum atomic E-state index is 13.5. The van der Waals surface area contributed by atoms with Crippen molar-refractivity contribution < 1.29 is 43.6 Å². The lowest BCUT2D eigenvalue weighted by Crippen LogP contribution is -2.32. The zero-order chi connectivity index (χ0) is 30.9. The van der Waals surface area contributed by atoms with Gasteiger partial charge in [-0.05, 0) is 64.2 Å². The summed E-state index contributed by atoms with van der Waals surface area (Å²) < 4.78 is 112. The molecule has 0 bridgehead atoms. The maximum Gasteiger partial charge on any atom is 0.501 e. The van der Waals surface area contributed by atoms with Crippen LogP contribution in [0.25, 0.3) is 0 Å². The highest BCUT2D eigenvalue weighted by Gasteiger charge is 2.48. The van der Waals surface area contributed by atoms with Gasteiger partial charge in [-0.15, -0.1) is 11.8 Å². The minimum atomic E-state index is -5.93. The van der Waals surface area contributed by atoms with Crippen LogP contribution < -0.4 is 10.5 Å². The topological polar surface area (TPSA) is 145 Å². The molecule has 0 spiro atoms. The molecule has 1 atom stereocenters. The van der Waals surface area contributed by atoms with Crippen LogP contribution in [-0.4, -0.2) is 78.6 Å². The van der Waals surface area contributed by atoms with Gasteiger partial charge in [0.15, 0.2) is 0 Å². The highest BCUT2D eigenvalue weighted by Crippen LogP contribution is 2.47. The van der Waals surface area contributed by atoms with Crippen molar-refractivity contribution in [1.29, 1.82) is 0 Å². The molecule has 2 aromatic rings. The molecule has 41 heavy (non-hydrogen) atoms. The predicted octanol–water partition coefficient (Wildman–Crippen LogP) is 4.79. The van der Waals surface area contributed by atoms with Gasteiger partial charge in [0.25, 0.3) is 9.84 Å². The van der Waals surface area contributed by atoms with E-state index in [1.54, 1.807) is 20.9 Å². The van der Waals surface area contributed by atoms with Gasteiger partial charge in [-0.3, -0.25) is 4.57 Å². The van der Waals surface area contributed by atoms with Crippen LogP contribution in [-0.2, 0) is 33.5 Å². The van der Waals surface area contributed by atoms with Crippen LogP contribution in [0.15, 0.2) is 63.2 Å². The summed E-state index contributed by atoms with van der Waals surface area (Å²) in [5.74, 6) is 0.330. The maximum absolute atomic E-state index is 13.5. The summed E-state index contributed by atoms with van der Waals surface area (Å²) in [7, 11) is -11.9. The molecule has 0 aliphatic heterocycles. The monoisotopic (exact) mass is 661 g/mol. The van der Waals surface area contributed by atoms with Crippen molar-refractivity contribution in [2.24, 2.45) is 5.14 Å². The Morgan fingerprint density at radius 3 is 2.17 bits per heavy atom. The number of thioether (sulfide) groups is 1. The summed E-state index contributed by atoms with van der Waals surface area (Å²) in [6.45, 7) is 4.58. The lowest BCUT2D eigenvalue weighted by Gasteiger charge is -2.26. The SMILES string of the molecule is CCOP(=O)(CCN(C)CC[C@H](CSc1ccccc1)Nc1ccc(S(N)(=O)=O)cc1S(=O)(=O)C(F)(F)F)OCC. The van der Waals surface area contributed by atoms with Crippen LogP contribution in [0.3, 0.4) is 0 Å². The molecule has 0 saturated carbocycles. The first-order valence-electron chi connectivity index (χ1n) is 12.5. The number of nitrogens with two attached hydrogens (primary N) is 1. The van der Waals surface area contributed by atoms with E-state index in [2.05, 4.69) is 5.32 Å². The zero-order valence-corrected chi connectivity index (χ0v) is 26.2. The fourth-order valence-corrected chi connectivity index (χ4v) is 7.88. The molecule has 2 rings (SSSR count). The molecule has 0 radical (unpaired) electrons. The number of benzene rings is 2. The number of halogens is 3. The number of rotatable bonds is 17. The number of anilines is 1. The fraction of sp³-hybridized carbons (Fsp3) is 0.500. The number of hydrogen-bond acceptors (Lipinski definition) is 10. The van der Waals surface area contributed by atoms with Gasteiger partial charge < -0.3 is 19.3 Å². The third kappa shape index (κ3) is 10.8. The molecule has 0 fully saturated rings. The minimum absolute atomic E-state index is 0.130. The number of hydrogen-bond donors (Lipinski definition) is 2. The number of nitrogens with zero attached hydrogens (tertiary/aromatic N) is 1. The van der Waals surface area contributed by atoms with Gasteiger partial charge in [0.2, 0.25) is 10.0 Å². The van der Waals surface area contributed by atoms with E-state index in [1.165, 1.54) is 11.8 Å². The van der Waals surface area contributed by atoms with Crippen LogP contribution in [0.1, 0.15) is 20.3 Å². The molecule has 0 saturated heterocycles. The summed E-state index contributed by atoms with van der Waals surface area (Å²) >= 11 is 1.40. The Morgan fingerprint density at radius 1 is 1.02 bits per heavy atom. The average molecular weight is 662 g/mol. The fourth-order valence-electron chi connectivity index (χ4n) is 3.62. The Morgan fingerprint density at radius 2 is 1.63 bits per heavy atom. The van der Waals surface area contributed by atoms with Gasteiger partial charge in [0.05, 0.1) is 30.0 Å². The molecule has 0 unspecified atom stereocenters. The summed E-state index contributed by atoms with van der Waals surface area (Å²) in [5, 5.41) is 7.92. The van der Waals surface area contributed by atoms with Crippen LogP contribution in [0.4, 0.5) is 18.9 Å². The molecule has 10 nitrogen and oxygen atoms in total. The van der Waals surface area contributed by atoms with E-state index in [1.807, 2.05) is 35.2 Å². The van der Waals surface area contributed by atoms with Crippen molar-refractivity contribution >= 4 is 44.9 Å². The van der Waals surface area contributed by atoms with Crippen molar-refractivity contribution in [3.05, 3.63) is 48.5 Å². The summed E-state index contributed by atoms with van der Waals surface area (Å²) in [6.07, 6.45) is 0.470. The Labute approximate surface area is 243 Å². The van der Waals surface area contributed by atoms with Gasteiger partial charge in [-0.2, -0.15) is 13.2 Å². The molecule has 0 aliphatic carbocycles. The van der Waals surface area contributed by atoms with Gasteiger partial charge in [0.1, 0.15) is 4.90 Å². The lowest BCUT2D eigenvalue weighted by atomic mass is 10.2. The van der Waals surface area contributed by atoms with Crippen molar-refractivity contribution in [2.75, 3.05) is 50.6 Å². The van der Waals surface area contributed by atoms with E-state index in [-0.39, 0.29) is 19.4 Å². The van der Waals surface area contributed by atoms with E-state index in [0.717, 1.165) is 17.0 Å². The first-order valence-corrected chi connectivity index (χ1v) is 18.3. The molecule has 0 aliphatic rings. The van der Waals surface area contributed by atoms with Gasteiger partial charge in [0, 0.05) is 23.2 Å². The van der Waals surface area contributed by atoms with Crippen LogP contribution >= 0.6 is 19.4 Å².